The van der Waals surface area contributed by atoms with Crippen LogP contribution in [0, 0.1) is 52.3 Å². The molecule has 3 saturated carbocycles. The van der Waals surface area contributed by atoms with Gasteiger partial charge in [0, 0.05) is 12.8 Å². The molecule has 0 saturated heterocycles. The average Bonchev–Trinajstić information content (AvgIpc) is 3.06. The largest absolute Gasteiger partial charge is 0.299 e. The average molecular weight is 411 g/mol. The fraction of sp³-hybridized carbons (Fsp3) is 0.828. The summed E-state index contributed by atoms with van der Waals surface area (Å²) in [6.07, 6.45) is 18.5. The van der Waals surface area contributed by atoms with E-state index in [4.69, 9.17) is 0 Å². The number of fused-ring (bicyclic) bond motifs is 5. The van der Waals surface area contributed by atoms with Gasteiger partial charge in [-0.2, -0.15) is 0 Å². The smallest absolute Gasteiger partial charge is 0.136 e. The first-order valence-corrected chi connectivity index (χ1v) is 13.1. The van der Waals surface area contributed by atoms with E-state index in [-0.39, 0.29) is 0 Å². The summed E-state index contributed by atoms with van der Waals surface area (Å²) in [5.74, 6) is 6.04. The molecule has 0 amide bonds. The fourth-order valence-electron chi connectivity index (χ4n) is 8.66. The summed E-state index contributed by atoms with van der Waals surface area (Å²) in [7, 11) is 0. The van der Waals surface area contributed by atoms with Crippen molar-refractivity contribution in [3.8, 4) is 0 Å². The first-order valence-electron chi connectivity index (χ1n) is 13.1. The van der Waals surface area contributed by atoms with Gasteiger partial charge in [0.05, 0.1) is 0 Å². The molecule has 1 heteroatoms. The molecule has 0 N–H and O–H groups in total. The van der Waals surface area contributed by atoms with Gasteiger partial charge >= 0.3 is 0 Å². The zero-order valence-corrected chi connectivity index (χ0v) is 20.5. The highest BCUT2D eigenvalue weighted by molar-refractivity contribution is 5.82. The van der Waals surface area contributed by atoms with E-state index in [0.29, 0.717) is 22.5 Å². The molecule has 3 fully saturated rings. The molecule has 30 heavy (non-hydrogen) atoms. The van der Waals surface area contributed by atoms with E-state index in [1.165, 1.54) is 44.1 Å². The minimum absolute atomic E-state index is 0.313. The summed E-state index contributed by atoms with van der Waals surface area (Å²) in [6.45, 7) is 14.7. The number of hydrogen-bond acceptors (Lipinski definition) is 1. The molecule has 4 aliphatic rings. The summed E-state index contributed by atoms with van der Waals surface area (Å²) < 4.78 is 0. The Hall–Kier alpha value is -0.850. The van der Waals surface area contributed by atoms with Crippen molar-refractivity contribution in [3.05, 3.63) is 23.8 Å². The van der Waals surface area contributed by atoms with E-state index in [9.17, 15) is 4.79 Å². The molecule has 0 radical (unpaired) electrons. The van der Waals surface area contributed by atoms with E-state index in [2.05, 4.69) is 59.8 Å². The van der Waals surface area contributed by atoms with Crippen molar-refractivity contribution in [2.75, 3.05) is 0 Å². The standard InChI is InChI=1S/C29H46O/c1-7-21(19(2)3)9-8-20(4)25-12-13-26-24-11-10-22-18-23(30)14-16-28(22,5)27(24)15-17-29(25,26)6/h8-10,19-21,24-27H,7,11-18H2,1-6H3/b9-8+/t20-,21-,24+,25-,26+,27+,28+,29-/m1/s1. The van der Waals surface area contributed by atoms with E-state index in [1.807, 2.05) is 0 Å². The third kappa shape index (κ3) is 3.57. The number of Topliss-reactive ketones (excluding diaryl/α,β-unsaturated/α-hetero) is 1. The summed E-state index contributed by atoms with van der Waals surface area (Å²) >= 11 is 0. The molecular weight excluding hydrogens is 364 g/mol. The molecule has 168 valence electrons. The number of hydrogen-bond donors (Lipinski definition) is 0. The lowest BCUT2D eigenvalue weighted by molar-refractivity contribution is -0.122. The highest BCUT2D eigenvalue weighted by atomic mass is 16.1. The minimum atomic E-state index is 0.313. The van der Waals surface area contributed by atoms with Crippen LogP contribution in [-0.4, -0.2) is 5.78 Å². The zero-order valence-electron chi connectivity index (χ0n) is 20.5. The Bertz CT molecular complexity index is 714. The Morgan fingerprint density at radius 2 is 1.83 bits per heavy atom. The Labute approximate surface area is 186 Å². The molecule has 4 aliphatic carbocycles. The van der Waals surface area contributed by atoms with Crippen LogP contribution in [0.1, 0.15) is 99.3 Å². The van der Waals surface area contributed by atoms with Gasteiger partial charge in [-0.25, -0.2) is 0 Å². The number of carbonyl (C=O) groups is 1. The fourth-order valence-corrected chi connectivity index (χ4v) is 8.66. The second-order valence-electron chi connectivity index (χ2n) is 12.3. The van der Waals surface area contributed by atoms with Gasteiger partial charge in [-0.3, -0.25) is 4.79 Å². The Kier molecular flexibility index (Phi) is 6.15. The van der Waals surface area contributed by atoms with Gasteiger partial charge in [-0.1, -0.05) is 65.3 Å². The molecule has 0 spiro atoms. The van der Waals surface area contributed by atoms with Crippen LogP contribution in [0.2, 0.25) is 0 Å². The van der Waals surface area contributed by atoms with Crippen LogP contribution >= 0.6 is 0 Å². The predicted molar refractivity (Wildman–Crippen MR) is 127 cm³/mol. The topological polar surface area (TPSA) is 17.1 Å². The molecule has 1 nitrogen and oxygen atoms in total. The number of rotatable bonds is 5. The highest BCUT2D eigenvalue weighted by Crippen LogP contribution is 2.67. The molecule has 0 bridgehead atoms. The summed E-state index contributed by atoms with van der Waals surface area (Å²) in [4.78, 5) is 12.1. The molecule has 0 aliphatic heterocycles. The lowest BCUT2D eigenvalue weighted by Crippen LogP contribution is -2.50. The Balaban J connectivity index is 1.53. The van der Waals surface area contributed by atoms with Crippen LogP contribution in [0.3, 0.4) is 0 Å². The van der Waals surface area contributed by atoms with Crippen molar-refractivity contribution in [2.45, 2.75) is 99.3 Å². The van der Waals surface area contributed by atoms with Crippen molar-refractivity contribution in [1.29, 1.82) is 0 Å². The minimum Gasteiger partial charge on any atom is -0.299 e. The SMILES string of the molecule is CC[C@H](/C=C/[C@@H](C)[C@H]1CC[C@H]2[C@@H]3CC=C4CC(=O)CC[C@]4(C)[C@H]3CC[C@]12C)C(C)C. The molecule has 0 aromatic carbocycles. The Morgan fingerprint density at radius 1 is 1.07 bits per heavy atom. The van der Waals surface area contributed by atoms with Gasteiger partial charge in [-0.05, 0) is 97.2 Å². The summed E-state index contributed by atoms with van der Waals surface area (Å²) in [5.41, 5.74) is 2.33. The quantitative estimate of drug-likeness (QED) is 0.419. The number of ketones is 1. The lowest BCUT2D eigenvalue weighted by atomic mass is 9.47. The van der Waals surface area contributed by atoms with E-state index in [1.54, 1.807) is 0 Å². The van der Waals surface area contributed by atoms with Gasteiger partial charge < -0.3 is 0 Å². The molecule has 4 rings (SSSR count). The van der Waals surface area contributed by atoms with Gasteiger partial charge in [-0.15, -0.1) is 0 Å². The maximum atomic E-state index is 12.1. The van der Waals surface area contributed by atoms with Crippen molar-refractivity contribution in [1.82, 2.24) is 0 Å². The molecule has 0 aromatic rings. The van der Waals surface area contributed by atoms with Crippen molar-refractivity contribution in [2.24, 2.45) is 52.3 Å². The van der Waals surface area contributed by atoms with E-state index in [0.717, 1.165) is 54.8 Å². The van der Waals surface area contributed by atoms with Gasteiger partial charge in [0.15, 0.2) is 0 Å². The van der Waals surface area contributed by atoms with Crippen LogP contribution in [-0.2, 0) is 4.79 Å². The third-order valence-electron chi connectivity index (χ3n) is 10.6. The maximum Gasteiger partial charge on any atom is 0.136 e. The summed E-state index contributed by atoms with van der Waals surface area (Å²) in [5, 5.41) is 0. The van der Waals surface area contributed by atoms with Crippen LogP contribution in [0.5, 0.6) is 0 Å². The van der Waals surface area contributed by atoms with Crippen LogP contribution in [0.15, 0.2) is 23.8 Å². The normalized spacial score (nSPS) is 43.2. The number of allylic oxidation sites excluding steroid dienone is 4. The maximum absolute atomic E-state index is 12.1. The summed E-state index contributed by atoms with van der Waals surface area (Å²) in [6, 6.07) is 0. The first-order chi connectivity index (χ1) is 14.2. The lowest BCUT2D eigenvalue weighted by Gasteiger charge is -2.57. The molecule has 0 heterocycles. The Morgan fingerprint density at radius 3 is 2.53 bits per heavy atom. The van der Waals surface area contributed by atoms with E-state index < -0.39 is 0 Å². The first kappa shape index (κ1) is 22.3. The van der Waals surface area contributed by atoms with Crippen LogP contribution < -0.4 is 0 Å². The van der Waals surface area contributed by atoms with Crippen molar-refractivity contribution >= 4 is 5.78 Å². The monoisotopic (exact) mass is 410 g/mol. The molecular formula is C29H46O. The predicted octanol–water partition coefficient (Wildman–Crippen LogP) is 8.01. The zero-order chi connectivity index (χ0) is 21.7. The van der Waals surface area contributed by atoms with Gasteiger partial charge in [0.1, 0.15) is 5.78 Å². The van der Waals surface area contributed by atoms with E-state index >= 15 is 0 Å². The van der Waals surface area contributed by atoms with Gasteiger partial charge in [0.2, 0.25) is 0 Å². The van der Waals surface area contributed by atoms with Crippen molar-refractivity contribution < 1.29 is 4.79 Å². The second kappa shape index (κ2) is 8.25. The third-order valence-corrected chi connectivity index (χ3v) is 10.6. The molecule has 0 aromatic heterocycles. The molecule has 0 unspecified atom stereocenters. The highest BCUT2D eigenvalue weighted by Gasteiger charge is 2.58. The molecule has 8 atom stereocenters. The van der Waals surface area contributed by atoms with Crippen LogP contribution in [0.4, 0.5) is 0 Å². The van der Waals surface area contributed by atoms with Gasteiger partial charge in [0.25, 0.3) is 0 Å². The van der Waals surface area contributed by atoms with Crippen LogP contribution in [0.25, 0.3) is 0 Å². The second-order valence-corrected chi connectivity index (χ2v) is 12.3. The number of carbonyl (C=O) groups excluding carboxylic acids is 1. The van der Waals surface area contributed by atoms with Crippen molar-refractivity contribution in [3.63, 3.8) is 0 Å².